The van der Waals surface area contributed by atoms with Gasteiger partial charge in [0.15, 0.2) is 0 Å². The standard InChI is InChI=1S/C11H21NO5/c1-8(2)7-9(10(14)16-3)12-11(15)17-6-4-5-13/h8-9,13H,4-7H2,1-3H3,(H,12,15)/t9-/m0/s1. The number of esters is 1. The van der Waals surface area contributed by atoms with Crippen LogP contribution in [0.2, 0.25) is 0 Å². The Labute approximate surface area is 101 Å². The summed E-state index contributed by atoms with van der Waals surface area (Å²) in [5.41, 5.74) is 0. The third-order valence-electron chi connectivity index (χ3n) is 2.02. The molecular weight excluding hydrogens is 226 g/mol. The maximum Gasteiger partial charge on any atom is 0.407 e. The lowest BCUT2D eigenvalue weighted by molar-refractivity contribution is -0.143. The number of ether oxygens (including phenoxy) is 2. The van der Waals surface area contributed by atoms with Crippen molar-refractivity contribution in [1.82, 2.24) is 5.32 Å². The van der Waals surface area contributed by atoms with E-state index in [0.29, 0.717) is 12.8 Å². The largest absolute Gasteiger partial charge is 0.467 e. The molecule has 0 aromatic heterocycles. The normalized spacial score (nSPS) is 12.1. The lowest BCUT2D eigenvalue weighted by Crippen LogP contribution is -2.42. The minimum atomic E-state index is -0.693. The van der Waals surface area contributed by atoms with Crippen LogP contribution in [0.5, 0.6) is 0 Å². The molecule has 0 aliphatic carbocycles. The summed E-state index contributed by atoms with van der Waals surface area (Å²) in [5, 5.41) is 11.0. The molecule has 0 aliphatic heterocycles. The van der Waals surface area contributed by atoms with E-state index >= 15 is 0 Å². The molecule has 0 aliphatic rings. The number of methoxy groups -OCH3 is 1. The quantitative estimate of drug-likeness (QED) is 0.510. The summed E-state index contributed by atoms with van der Waals surface area (Å²) in [6, 6.07) is -0.693. The molecule has 17 heavy (non-hydrogen) atoms. The Morgan fingerprint density at radius 1 is 1.35 bits per heavy atom. The Hall–Kier alpha value is -1.30. The molecule has 0 bridgehead atoms. The highest BCUT2D eigenvalue weighted by molar-refractivity contribution is 5.81. The zero-order valence-corrected chi connectivity index (χ0v) is 10.6. The minimum Gasteiger partial charge on any atom is -0.467 e. The average Bonchev–Trinajstić information content (AvgIpc) is 2.27. The molecule has 1 atom stereocenters. The van der Waals surface area contributed by atoms with E-state index in [1.807, 2.05) is 13.8 Å². The number of alkyl carbamates (subject to hydrolysis) is 1. The monoisotopic (exact) mass is 247 g/mol. The van der Waals surface area contributed by atoms with Crippen LogP contribution in [0.25, 0.3) is 0 Å². The molecular formula is C11H21NO5. The van der Waals surface area contributed by atoms with Crippen molar-refractivity contribution in [2.45, 2.75) is 32.7 Å². The molecule has 0 rings (SSSR count). The molecule has 0 heterocycles. The fraction of sp³-hybridized carbons (Fsp3) is 0.818. The molecule has 1 amide bonds. The van der Waals surface area contributed by atoms with Gasteiger partial charge in [-0.05, 0) is 12.3 Å². The number of hydrogen-bond donors (Lipinski definition) is 2. The van der Waals surface area contributed by atoms with Gasteiger partial charge in [0, 0.05) is 13.0 Å². The molecule has 0 aromatic carbocycles. The smallest absolute Gasteiger partial charge is 0.407 e. The Kier molecular flexibility index (Phi) is 8.13. The number of amides is 1. The first-order valence-electron chi connectivity index (χ1n) is 5.63. The SMILES string of the molecule is COC(=O)[C@H](CC(C)C)NC(=O)OCCCO. The van der Waals surface area contributed by atoms with Crippen LogP contribution in [0.3, 0.4) is 0 Å². The molecule has 0 spiro atoms. The van der Waals surface area contributed by atoms with Gasteiger partial charge in [-0.25, -0.2) is 9.59 Å². The van der Waals surface area contributed by atoms with Gasteiger partial charge in [-0.15, -0.1) is 0 Å². The van der Waals surface area contributed by atoms with Gasteiger partial charge in [0.25, 0.3) is 0 Å². The first kappa shape index (κ1) is 15.7. The van der Waals surface area contributed by atoms with E-state index in [1.165, 1.54) is 7.11 Å². The Balaban J connectivity index is 4.13. The van der Waals surface area contributed by atoms with Crippen molar-refractivity contribution in [1.29, 1.82) is 0 Å². The van der Waals surface area contributed by atoms with Crippen LogP contribution in [0.1, 0.15) is 26.7 Å². The molecule has 6 nitrogen and oxygen atoms in total. The van der Waals surface area contributed by atoms with Crippen molar-refractivity contribution < 1.29 is 24.2 Å². The van der Waals surface area contributed by atoms with E-state index in [2.05, 4.69) is 10.1 Å². The lowest BCUT2D eigenvalue weighted by atomic mass is 10.0. The van der Waals surface area contributed by atoms with Gasteiger partial charge in [-0.3, -0.25) is 0 Å². The molecule has 0 saturated heterocycles. The van der Waals surface area contributed by atoms with Crippen LogP contribution in [0.15, 0.2) is 0 Å². The van der Waals surface area contributed by atoms with Crippen LogP contribution in [-0.2, 0) is 14.3 Å². The number of carbonyl (C=O) groups excluding carboxylic acids is 2. The highest BCUT2D eigenvalue weighted by atomic mass is 16.6. The summed E-state index contributed by atoms with van der Waals surface area (Å²) in [6.07, 6.45) is 0.192. The van der Waals surface area contributed by atoms with Crippen LogP contribution >= 0.6 is 0 Å². The topological polar surface area (TPSA) is 84.9 Å². The minimum absolute atomic E-state index is 0.0420. The van der Waals surface area contributed by atoms with Gasteiger partial charge < -0.3 is 19.9 Å². The van der Waals surface area contributed by atoms with E-state index in [4.69, 9.17) is 9.84 Å². The summed E-state index contributed by atoms with van der Waals surface area (Å²) in [5.74, 6) is -0.241. The first-order chi connectivity index (χ1) is 8.01. The van der Waals surface area contributed by atoms with Crippen molar-refractivity contribution in [2.75, 3.05) is 20.3 Å². The molecule has 100 valence electrons. The Morgan fingerprint density at radius 3 is 2.47 bits per heavy atom. The van der Waals surface area contributed by atoms with Crippen molar-refractivity contribution in [2.24, 2.45) is 5.92 Å². The average molecular weight is 247 g/mol. The second kappa shape index (κ2) is 8.81. The summed E-state index contributed by atoms with van der Waals surface area (Å²) in [4.78, 5) is 22.7. The number of aliphatic hydroxyl groups is 1. The summed E-state index contributed by atoms with van der Waals surface area (Å²) < 4.78 is 9.36. The van der Waals surface area contributed by atoms with E-state index < -0.39 is 18.1 Å². The number of hydrogen-bond acceptors (Lipinski definition) is 5. The van der Waals surface area contributed by atoms with Crippen LogP contribution < -0.4 is 5.32 Å². The van der Waals surface area contributed by atoms with Gasteiger partial charge in [0.2, 0.25) is 0 Å². The third kappa shape index (κ3) is 7.57. The number of nitrogens with one attached hydrogen (secondary N) is 1. The zero-order chi connectivity index (χ0) is 13.3. The third-order valence-corrected chi connectivity index (χ3v) is 2.02. The number of aliphatic hydroxyl groups excluding tert-OH is 1. The highest BCUT2D eigenvalue weighted by Gasteiger charge is 2.22. The lowest BCUT2D eigenvalue weighted by Gasteiger charge is -2.17. The highest BCUT2D eigenvalue weighted by Crippen LogP contribution is 2.06. The van der Waals surface area contributed by atoms with Crippen LogP contribution in [-0.4, -0.2) is 43.5 Å². The number of carbonyl (C=O) groups is 2. The Morgan fingerprint density at radius 2 is 2.00 bits per heavy atom. The molecule has 0 radical (unpaired) electrons. The summed E-state index contributed by atoms with van der Waals surface area (Å²) in [7, 11) is 1.27. The molecule has 0 saturated carbocycles. The predicted octanol–water partition coefficient (Wildman–Crippen LogP) is 0.683. The first-order valence-corrected chi connectivity index (χ1v) is 5.63. The predicted molar refractivity (Wildman–Crippen MR) is 61.4 cm³/mol. The van der Waals surface area contributed by atoms with E-state index in [0.717, 1.165) is 0 Å². The van der Waals surface area contributed by atoms with E-state index in [1.54, 1.807) is 0 Å². The molecule has 6 heteroatoms. The van der Waals surface area contributed by atoms with Crippen molar-refractivity contribution in [3.63, 3.8) is 0 Å². The van der Waals surface area contributed by atoms with Gasteiger partial charge >= 0.3 is 12.1 Å². The van der Waals surface area contributed by atoms with Crippen LogP contribution in [0, 0.1) is 5.92 Å². The van der Waals surface area contributed by atoms with Gasteiger partial charge in [-0.2, -0.15) is 0 Å². The van der Waals surface area contributed by atoms with Crippen molar-refractivity contribution in [3.8, 4) is 0 Å². The van der Waals surface area contributed by atoms with E-state index in [-0.39, 0.29) is 19.1 Å². The molecule has 0 unspecified atom stereocenters. The van der Waals surface area contributed by atoms with Gasteiger partial charge in [0.05, 0.1) is 13.7 Å². The van der Waals surface area contributed by atoms with E-state index in [9.17, 15) is 9.59 Å². The van der Waals surface area contributed by atoms with Crippen LogP contribution in [0.4, 0.5) is 4.79 Å². The number of rotatable bonds is 7. The Bertz CT molecular complexity index is 242. The zero-order valence-electron chi connectivity index (χ0n) is 10.6. The fourth-order valence-corrected chi connectivity index (χ4v) is 1.24. The summed E-state index contributed by atoms with van der Waals surface area (Å²) in [6.45, 7) is 3.96. The maximum atomic E-state index is 11.4. The summed E-state index contributed by atoms with van der Waals surface area (Å²) >= 11 is 0. The fourth-order valence-electron chi connectivity index (χ4n) is 1.24. The van der Waals surface area contributed by atoms with Crippen molar-refractivity contribution in [3.05, 3.63) is 0 Å². The van der Waals surface area contributed by atoms with Gasteiger partial charge in [0.1, 0.15) is 6.04 Å². The van der Waals surface area contributed by atoms with Crippen molar-refractivity contribution >= 4 is 12.1 Å². The maximum absolute atomic E-state index is 11.4. The molecule has 2 N–H and O–H groups in total. The second-order valence-corrected chi connectivity index (χ2v) is 4.06. The van der Waals surface area contributed by atoms with Gasteiger partial charge in [-0.1, -0.05) is 13.8 Å². The molecule has 0 aromatic rings. The molecule has 0 fully saturated rings. The second-order valence-electron chi connectivity index (χ2n) is 4.06.